The van der Waals surface area contributed by atoms with Gasteiger partial charge in [0.2, 0.25) is 5.91 Å². The highest BCUT2D eigenvalue weighted by Crippen LogP contribution is 2.45. The van der Waals surface area contributed by atoms with E-state index in [0.717, 1.165) is 18.4 Å². The second kappa shape index (κ2) is 9.81. The summed E-state index contributed by atoms with van der Waals surface area (Å²) in [5.74, 6) is -1.81. The number of benzene rings is 1. The lowest BCUT2D eigenvalue weighted by Crippen LogP contribution is -2.58. The Morgan fingerprint density at radius 1 is 1.13 bits per heavy atom. The van der Waals surface area contributed by atoms with Crippen molar-refractivity contribution in [2.24, 2.45) is 11.8 Å². The molecule has 0 unspecified atom stereocenters. The summed E-state index contributed by atoms with van der Waals surface area (Å²) in [4.78, 5) is 42.3. The van der Waals surface area contributed by atoms with Gasteiger partial charge in [-0.2, -0.15) is 0 Å². The van der Waals surface area contributed by atoms with Crippen molar-refractivity contribution in [3.8, 4) is 0 Å². The Labute approximate surface area is 184 Å². The van der Waals surface area contributed by atoms with Crippen molar-refractivity contribution in [1.29, 1.82) is 0 Å². The molecule has 2 saturated heterocycles. The van der Waals surface area contributed by atoms with Crippen LogP contribution in [0.4, 0.5) is 0 Å². The molecule has 3 rings (SSSR count). The first-order valence-corrected chi connectivity index (χ1v) is 11.4. The van der Waals surface area contributed by atoms with E-state index in [1.54, 1.807) is 11.8 Å². The predicted octanol–water partition coefficient (Wildman–Crippen LogP) is 2.37. The van der Waals surface area contributed by atoms with Crippen molar-refractivity contribution in [2.75, 3.05) is 19.7 Å². The molecule has 1 N–H and O–H groups in total. The number of carbonyl (C=O) groups is 3. The lowest BCUT2D eigenvalue weighted by Gasteiger charge is -2.47. The van der Waals surface area contributed by atoms with Crippen LogP contribution in [-0.4, -0.2) is 64.0 Å². The van der Waals surface area contributed by atoms with Gasteiger partial charge < -0.3 is 19.6 Å². The van der Waals surface area contributed by atoms with E-state index < -0.39 is 29.4 Å². The molecule has 1 aromatic carbocycles. The maximum atomic E-state index is 13.1. The van der Waals surface area contributed by atoms with Gasteiger partial charge in [0, 0.05) is 25.6 Å². The van der Waals surface area contributed by atoms with Gasteiger partial charge in [0.15, 0.2) is 0 Å². The minimum absolute atomic E-state index is 0.00822. The minimum Gasteiger partial charge on any atom is -0.466 e. The zero-order valence-electron chi connectivity index (χ0n) is 18.8. The number of hydrogen-bond acceptors (Lipinski definition) is 5. The third-order valence-corrected chi connectivity index (χ3v) is 6.95. The SMILES string of the molecule is CCOC(=O)[C@H]1[C@@H](O)C(=O)N(Cc2ccccc2)C12CCN(C(=O)C(CC)CC)CC2. The Morgan fingerprint density at radius 2 is 1.74 bits per heavy atom. The molecule has 0 bridgehead atoms. The normalized spacial score (nSPS) is 22.9. The summed E-state index contributed by atoms with van der Waals surface area (Å²) in [6.07, 6.45) is 1.04. The Balaban J connectivity index is 1.90. The molecule has 2 atom stereocenters. The number of nitrogens with zero attached hydrogens (tertiary/aromatic N) is 2. The number of aliphatic hydroxyl groups excluding tert-OH is 1. The Kier molecular flexibility index (Phi) is 7.36. The first-order chi connectivity index (χ1) is 14.9. The number of aliphatic hydroxyl groups is 1. The lowest BCUT2D eigenvalue weighted by atomic mass is 9.75. The van der Waals surface area contributed by atoms with Crippen LogP contribution < -0.4 is 0 Å². The Hall–Kier alpha value is -2.41. The molecule has 2 fully saturated rings. The van der Waals surface area contributed by atoms with Crippen LogP contribution in [-0.2, 0) is 25.7 Å². The van der Waals surface area contributed by atoms with Crippen LogP contribution in [0, 0.1) is 11.8 Å². The number of piperidine rings is 1. The summed E-state index contributed by atoms with van der Waals surface area (Å²) in [5, 5.41) is 10.8. The maximum absolute atomic E-state index is 13.1. The van der Waals surface area contributed by atoms with Gasteiger partial charge in [-0.05, 0) is 38.2 Å². The number of likely N-dealkylation sites (tertiary alicyclic amines) is 2. The average molecular weight is 431 g/mol. The summed E-state index contributed by atoms with van der Waals surface area (Å²) in [7, 11) is 0. The Morgan fingerprint density at radius 3 is 2.29 bits per heavy atom. The van der Waals surface area contributed by atoms with Crippen LogP contribution in [0.25, 0.3) is 0 Å². The summed E-state index contributed by atoms with van der Waals surface area (Å²) in [5.41, 5.74) is 0.0750. The van der Waals surface area contributed by atoms with Crippen LogP contribution in [0.5, 0.6) is 0 Å². The molecule has 2 aliphatic rings. The van der Waals surface area contributed by atoms with E-state index in [1.807, 2.05) is 49.1 Å². The van der Waals surface area contributed by atoms with E-state index in [2.05, 4.69) is 0 Å². The fraction of sp³-hybridized carbons (Fsp3) is 0.625. The zero-order chi connectivity index (χ0) is 22.6. The van der Waals surface area contributed by atoms with Crippen molar-refractivity contribution in [3.63, 3.8) is 0 Å². The predicted molar refractivity (Wildman–Crippen MR) is 116 cm³/mol. The zero-order valence-corrected chi connectivity index (χ0v) is 18.8. The van der Waals surface area contributed by atoms with Crippen LogP contribution in [0.3, 0.4) is 0 Å². The third-order valence-electron chi connectivity index (χ3n) is 6.95. The second-order valence-electron chi connectivity index (χ2n) is 8.53. The molecule has 0 aliphatic carbocycles. The van der Waals surface area contributed by atoms with Gasteiger partial charge in [0.25, 0.3) is 5.91 Å². The highest BCUT2D eigenvalue weighted by molar-refractivity contribution is 5.93. The highest BCUT2D eigenvalue weighted by atomic mass is 16.5. The van der Waals surface area contributed by atoms with Crippen LogP contribution in [0.2, 0.25) is 0 Å². The monoisotopic (exact) mass is 430 g/mol. The molecule has 170 valence electrons. The van der Waals surface area contributed by atoms with E-state index >= 15 is 0 Å². The Bertz CT molecular complexity index is 784. The smallest absolute Gasteiger partial charge is 0.314 e. The van der Waals surface area contributed by atoms with E-state index in [1.165, 1.54) is 0 Å². The van der Waals surface area contributed by atoms with Crippen molar-refractivity contribution >= 4 is 17.8 Å². The van der Waals surface area contributed by atoms with Crippen molar-refractivity contribution in [3.05, 3.63) is 35.9 Å². The first-order valence-electron chi connectivity index (χ1n) is 11.4. The average Bonchev–Trinajstić information content (AvgIpc) is 2.97. The molecule has 2 aliphatic heterocycles. The van der Waals surface area contributed by atoms with Gasteiger partial charge in [-0.1, -0.05) is 44.2 Å². The van der Waals surface area contributed by atoms with Gasteiger partial charge in [0.1, 0.15) is 12.0 Å². The number of rotatable bonds is 7. The van der Waals surface area contributed by atoms with E-state index in [4.69, 9.17) is 4.74 Å². The summed E-state index contributed by atoms with van der Waals surface area (Å²) in [6, 6.07) is 9.56. The molecule has 7 nitrogen and oxygen atoms in total. The van der Waals surface area contributed by atoms with Gasteiger partial charge in [0.05, 0.1) is 12.1 Å². The fourth-order valence-corrected chi connectivity index (χ4v) is 5.16. The second-order valence-corrected chi connectivity index (χ2v) is 8.53. The number of carbonyl (C=O) groups excluding carboxylic acids is 3. The third kappa shape index (κ3) is 4.33. The van der Waals surface area contributed by atoms with Gasteiger partial charge >= 0.3 is 5.97 Å². The van der Waals surface area contributed by atoms with Gasteiger partial charge in [-0.25, -0.2) is 0 Å². The van der Waals surface area contributed by atoms with Gasteiger partial charge in [-0.3, -0.25) is 14.4 Å². The van der Waals surface area contributed by atoms with Crippen molar-refractivity contribution in [2.45, 2.75) is 64.6 Å². The lowest BCUT2D eigenvalue weighted by molar-refractivity contribution is -0.156. The molecule has 31 heavy (non-hydrogen) atoms. The van der Waals surface area contributed by atoms with Crippen molar-refractivity contribution in [1.82, 2.24) is 9.80 Å². The molecule has 0 saturated carbocycles. The molecule has 0 radical (unpaired) electrons. The van der Waals surface area contributed by atoms with E-state index in [0.29, 0.717) is 32.5 Å². The molecular formula is C24H34N2O5. The van der Waals surface area contributed by atoms with Crippen molar-refractivity contribution < 1.29 is 24.2 Å². The molecule has 1 aromatic rings. The number of ether oxygens (including phenoxy) is 1. The fourth-order valence-electron chi connectivity index (χ4n) is 5.16. The summed E-state index contributed by atoms with van der Waals surface area (Å²) >= 11 is 0. The van der Waals surface area contributed by atoms with E-state index in [-0.39, 0.29) is 18.4 Å². The first kappa shape index (κ1) is 23.3. The van der Waals surface area contributed by atoms with E-state index in [9.17, 15) is 19.5 Å². The largest absolute Gasteiger partial charge is 0.466 e. The molecule has 1 spiro atoms. The van der Waals surface area contributed by atoms with Crippen LogP contribution in [0.15, 0.2) is 30.3 Å². The molecule has 0 aromatic heterocycles. The molecule has 7 heteroatoms. The highest BCUT2D eigenvalue weighted by Gasteiger charge is 2.62. The standard InChI is InChI=1S/C24H34N2O5/c1-4-18(5-2)21(28)25-14-12-24(13-15-25)19(23(30)31-6-3)20(27)22(29)26(24)16-17-10-8-7-9-11-17/h7-11,18-20,27H,4-6,12-16H2,1-3H3/t19-,20-/m1/s1. The molecule has 2 heterocycles. The van der Waals surface area contributed by atoms with Crippen LogP contribution in [0.1, 0.15) is 52.0 Å². The quantitative estimate of drug-likeness (QED) is 0.671. The summed E-state index contributed by atoms with van der Waals surface area (Å²) in [6.45, 7) is 7.15. The summed E-state index contributed by atoms with van der Waals surface area (Å²) < 4.78 is 5.26. The van der Waals surface area contributed by atoms with Gasteiger partial charge in [-0.15, -0.1) is 0 Å². The number of esters is 1. The molecular weight excluding hydrogens is 396 g/mol. The number of amides is 2. The topological polar surface area (TPSA) is 87.2 Å². The number of hydrogen-bond donors (Lipinski definition) is 1. The maximum Gasteiger partial charge on any atom is 0.314 e. The minimum atomic E-state index is -1.43. The molecule has 2 amide bonds. The van der Waals surface area contributed by atoms with Crippen LogP contribution >= 0.6 is 0 Å².